The molecule has 7 heteroatoms. The van der Waals surface area contributed by atoms with E-state index in [1.54, 1.807) is 0 Å². The maximum Gasteiger partial charge on any atom is 0.134 e. The monoisotopic (exact) mass is 476 g/mol. The molecule has 2 aromatic carbocycles. The summed E-state index contributed by atoms with van der Waals surface area (Å²) in [7, 11) is 0. The van der Waals surface area contributed by atoms with Gasteiger partial charge in [0.1, 0.15) is 23.2 Å². The van der Waals surface area contributed by atoms with E-state index in [4.69, 9.17) is 25.4 Å². The molecule has 0 aliphatic carbocycles. The molecule has 0 radical (unpaired) electrons. The predicted molar refractivity (Wildman–Crippen MR) is 143 cm³/mol. The highest BCUT2D eigenvalue weighted by molar-refractivity contribution is 5.98. The molecule has 3 rings (SSSR count). The fraction of sp³-hybridized carbons (Fsp3) is 0.357. The van der Waals surface area contributed by atoms with Gasteiger partial charge >= 0.3 is 0 Å². The van der Waals surface area contributed by atoms with Crippen molar-refractivity contribution in [2.75, 3.05) is 39.5 Å². The van der Waals surface area contributed by atoms with Crippen molar-refractivity contribution in [3.05, 3.63) is 71.8 Å². The third-order valence-corrected chi connectivity index (χ3v) is 5.40. The van der Waals surface area contributed by atoms with E-state index in [9.17, 15) is 0 Å². The lowest BCUT2D eigenvalue weighted by atomic mass is 10.1. The van der Waals surface area contributed by atoms with E-state index in [1.807, 2.05) is 74.5 Å². The average molecular weight is 477 g/mol. The minimum Gasteiger partial charge on any atom is -0.456 e. The molecule has 7 nitrogen and oxygen atoms in total. The van der Waals surface area contributed by atoms with Crippen LogP contribution in [-0.2, 0) is 9.47 Å². The van der Waals surface area contributed by atoms with Crippen LogP contribution < -0.4 is 11.5 Å². The molecule has 0 unspecified atom stereocenters. The van der Waals surface area contributed by atoms with Crippen LogP contribution in [0.2, 0.25) is 0 Å². The van der Waals surface area contributed by atoms with Gasteiger partial charge in [-0.2, -0.15) is 0 Å². The second kappa shape index (κ2) is 14.1. The number of nitrogens with two attached hydrogens (primary N) is 2. The van der Waals surface area contributed by atoms with Crippen LogP contribution in [-0.4, -0.2) is 51.2 Å². The third-order valence-electron chi connectivity index (χ3n) is 5.40. The largest absolute Gasteiger partial charge is 0.456 e. The topological polar surface area (TPSA) is 108 Å². The minimum atomic E-state index is 0.533. The van der Waals surface area contributed by atoms with Gasteiger partial charge in [-0.05, 0) is 38.8 Å². The maximum absolute atomic E-state index is 6.12. The van der Waals surface area contributed by atoms with Crippen LogP contribution in [0, 0.1) is 0 Å². The molecule has 0 saturated heterocycles. The maximum atomic E-state index is 6.12. The van der Waals surface area contributed by atoms with Crippen LogP contribution in [0.1, 0.15) is 37.8 Å². The van der Waals surface area contributed by atoms with Crippen molar-refractivity contribution < 1.29 is 13.9 Å². The van der Waals surface area contributed by atoms with Gasteiger partial charge in [0.2, 0.25) is 0 Å². The van der Waals surface area contributed by atoms with E-state index in [-0.39, 0.29) is 0 Å². The van der Waals surface area contributed by atoms with E-state index in [1.165, 1.54) is 0 Å². The fourth-order valence-electron chi connectivity index (χ4n) is 3.46. The number of hydrogen-bond donors (Lipinski definition) is 2. The lowest BCUT2D eigenvalue weighted by Gasteiger charge is -2.04. The number of nitrogens with zero attached hydrogens (tertiary/aromatic N) is 2. The Morgan fingerprint density at radius 1 is 0.657 bits per heavy atom. The van der Waals surface area contributed by atoms with E-state index in [2.05, 4.69) is 9.98 Å². The summed E-state index contributed by atoms with van der Waals surface area (Å²) in [6, 6.07) is 19.8. The van der Waals surface area contributed by atoms with Crippen molar-refractivity contribution >= 4 is 11.7 Å². The Labute approximate surface area is 207 Å². The molecule has 0 atom stereocenters. The molecular formula is C28H36N4O3. The van der Waals surface area contributed by atoms with Gasteiger partial charge in [0.15, 0.2) is 0 Å². The molecule has 0 bridgehead atoms. The highest BCUT2D eigenvalue weighted by Gasteiger charge is 2.09. The lowest BCUT2D eigenvalue weighted by Crippen LogP contribution is -2.14. The SMILES string of the molecule is CCOCCCN=C(N)c1ccc(-c2ccc(-c3ccc(C(N)=NCCCOCC)cc3)o2)cc1. The number of furan rings is 1. The van der Waals surface area contributed by atoms with E-state index in [0.29, 0.717) is 38.0 Å². The molecule has 0 aliphatic heterocycles. The van der Waals surface area contributed by atoms with Gasteiger partial charge in [0, 0.05) is 61.8 Å². The predicted octanol–water partition coefficient (Wildman–Crippen LogP) is 4.88. The molecule has 0 fully saturated rings. The second-order valence-electron chi connectivity index (χ2n) is 7.95. The summed E-state index contributed by atoms with van der Waals surface area (Å²) in [6.07, 6.45) is 1.72. The van der Waals surface area contributed by atoms with Crippen LogP contribution in [0.4, 0.5) is 0 Å². The van der Waals surface area contributed by atoms with Gasteiger partial charge in [0.25, 0.3) is 0 Å². The Morgan fingerprint density at radius 3 is 1.43 bits per heavy atom. The highest BCUT2D eigenvalue weighted by Crippen LogP contribution is 2.29. The molecule has 1 heterocycles. The van der Waals surface area contributed by atoms with Gasteiger partial charge in [-0.3, -0.25) is 9.98 Å². The number of amidine groups is 2. The molecule has 1 aromatic heterocycles. The van der Waals surface area contributed by atoms with Crippen LogP contribution in [0.3, 0.4) is 0 Å². The van der Waals surface area contributed by atoms with Gasteiger partial charge in [-0.1, -0.05) is 48.5 Å². The van der Waals surface area contributed by atoms with Crippen molar-refractivity contribution in [1.29, 1.82) is 0 Å². The molecule has 0 saturated carbocycles. The summed E-state index contributed by atoms with van der Waals surface area (Å²) in [5.74, 6) is 2.65. The summed E-state index contributed by atoms with van der Waals surface area (Å²) in [6.45, 7) is 8.11. The van der Waals surface area contributed by atoms with Crippen molar-refractivity contribution in [3.8, 4) is 22.6 Å². The van der Waals surface area contributed by atoms with Crippen LogP contribution in [0.5, 0.6) is 0 Å². The van der Waals surface area contributed by atoms with Crippen molar-refractivity contribution in [1.82, 2.24) is 0 Å². The number of aliphatic imine (C=N–C) groups is 2. The summed E-state index contributed by atoms with van der Waals surface area (Å²) in [5.41, 5.74) is 16.0. The summed E-state index contributed by atoms with van der Waals surface area (Å²) < 4.78 is 16.8. The molecule has 3 aromatic rings. The zero-order valence-electron chi connectivity index (χ0n) is 20.7. The first kappa shape index (κ1) is 26.2. The molecule has 35 heavy (non-hydrogen) atoms. The zero-order chi connectivity index (χ0) is 24.9. The number of ether oxygens (including phenoxy) is 2. The first-order valence-corrected chi connectivity index (χ1v) is 12.2. The first-order chi connectivity index (χ1) is 17.1. The number of hydrogen-bond acceptors (Lipinski definition) is 5. The Hall–Kier alpha value is -3.42. The smallest absolute Gasteiger partial charge is 0.134 e. The number of benzene rings is 2. The van der Waals surface area contributed by atoms with E-state index in [0.717, 1.165) is 59.8 Å². The summed E-state index contributed by atoms with van der Waals surface area (Å²) in [5, 5.41) is 0. The standard InChI is InChI=1S/C28H36N4O3/c1-3-33-19-5-17-31-27(29)23-11-7-21(8-12-23)25-15-16-26(35-25)22-9-13-24(14-10-22)28(30)32-18-6-20-34-4-2/h7-16H,3-6,17-20H2,1-2H3,(H2,29,31)(H2,30,32). The van der Waals surface area contributed by atoms with E-state index >= 15 is 0 Å². The Balaban J connectivity index is 1.59. The fourth-order valence-corrected chi connectivity index (χ4v) is 3.46. The van der Waals surface area contributed by atoms with Gasteiger partial charge in [0.05, 0.1) is 0 Å². The highest BCUT2D eigenvalue weighted by atomic mass is 16.5. The third kappa shape index (κ3) is 8.09. The van der Waals surface area contributed by atoms with Gasteiger partial charge < -0.3 is 25.4 Å². The normalized spacial score (nSPS) is 12.3. The second-order valence-corrected chi connectivity index (χ2v) is 7.95. The molecule has 4 N–H and O–H groups in total. The van der Waals surface area contributed by atoms with E-state index < -0.39 is 0 Å². The van der Waals surface area contributed by atoms with Gasteiger partial charge in [-0.25, -0.2) is 0 Å². The van der Waals surface area contributed by atoms with Crippen LogP contribution in [0.15, 0.2) is 75.1 Å². The van der Waals surface area contributed by atoms with Gasteiger partial charge in [-0.15, -0.1) is 0 Å². The molecule has 186 valence electrons. The molecule has 0 aliphatic rings. The summed E-state index contributed by atoms with van der Waals surface area (Å²) >= 11 is 0. The quantitative estimate of drug-likeness (QED) is 0.196. The van der Waals surface area contributed by atoms with Crippen molar-refractivity contribution in [2.45, 2.75) is 26.7 Å². The Bertz CT molecular complexity index is 1000. The zero-order valence-corrected chi connectivity index (χ0v) is 20.7. The number of rotatable bonds is 14. The lowest BCUT2D eigenvalue weighted by molar-refractivity contribution is 0.146. The Kier molecular flexibility index (Phi) is 10.5. The molecule has 0 spiro atoms. The molecule has 0 amide bonds. The Morgan fingerprint density at radius 2 is 1.06 bits per heavy atom. The van der Waals surface area contributed by atoms with Crippen molar-refractivity contribution in [3.63, 3.8) is 0 Å². The van der Waals surface area contributed by atoms with Crippen LogP contribution >= 0.6 is 0 Å². The minimum absolute atomic E-state index is 0.533. The molecular weight excluding hydrogens is 440 g/mol. The summed E-state index contributed by atoms with van der Waals surface area (Å²) in [4.78, 5) is 8.86. The van der Waals surface area contributed by atoms with Crippen molar-refractivity contribution in [2.24, 2.45) is 21.5 Å². The van der Waals surface area contributed by atoms with Crippen LogP contribution in [0.25, 0.3) is 22.6 Å². The average Bonchev–Trinajstić information content (AvgIpc) is 3.39. The first-order valence-electron chi connectivity index (χ1n) is 12.2.